The minimum absolute atomic E-state index is 0.106. The van der Waals surface area contributed by atoms with Crippen molar-refractivity contribution < 1.29 is 17.9 Å². The molecule has 1 aromatic heterocycles. The molecule has 1 unspecified atom stereocenters. The van der Waals surface area contributed by atoms with Crippen LogP contribution in [0.1, 0.15) is 20.8 Å². The Balaban J connectivity index is 2.92. The van der Waals surface area contributed by atoms with Crippen LogP contribution in [0, 0.1) is 0 Å². The van der Waals surface area contributed by atoms with E-state index in [0.29, 0.717) is 6.54 Å². The maximum Gasteiger partial charge on any atom is 0.323 e. The number of carbonyl (C=O) groups excluding carboxylic acids is 1. The van der Waals surface area contributed by atoms with Crippen molar-refractivity contribution >= 4 is 21.8 Å². The molecule has 0 aromatic carbocycles. The molecule has 0 spiro atoms. The first-order chi connectivity index (χ1) is 8.81. The van der Waals surface area contributed by atoms with E-state index in [0.717, 1.165) is 0 Å². The fourth-order valence-corrected chi connectivity index (χ4v) is 2.66. The summed E-state index contributed by atoms with van der Waals surface area (Å²) in [5.74, 6) is -0.752. The molecule has 0 aliphatic rings. The second kappa shape index (κ2) is 6.02. The summed E-state index contributed by atoms with van der Waals surface area (Å²) in [6.45, 7) is 5.52. The molecule has 1 atom stereocenters. The topological polar surface area (TPSA) is 116 Å². The number of nitrogen functional groups attached to an aromatic ring is 1. The summed E-state index contributed by atoms with van der Waals surface area (Å²) in [6.07, 6.45) is 1.32. The predicted octanol–water partition coefficient (Wildman–Crippen LogP) is -0.285. The monoisotopic (exact) mass is 290 g/mol. The number of carbonyl (C=O) groups is 1. The lowest BCUT2D eigenvalue weighted by molar-refractivity contribution is -0.144. The molecule has 0 radical (unpaired) electrons. The molecule has 1 heterocycles. The van der Waals surface area contributed by atoms with Crippen LogP contribution in [0.25, 0.3) is 0 Å². The number of anilines is 1. The van der Waals surface area contributed by atoms with Gasteiger partial charge in [0.2, 0.25) is 10.0 Å². The summed E-state index contributed by atoms with van der Waals surface area (Å²) in [6, 6.07) is -0.991. The van der Waals surface area contributed by atoms with E-state index in [-0.39, 0.29) is 17.3 Å². The number of esters is 1. The van der Waals surface area contributed by atoms with Crippen molar-refractivity contribution in [1.82, 2.24) is 14.5 Å². The molecule has 3 N–H and O–H groups in total. The molecule has 8 nitrogen and oxygen atoms in total. The molecule has 0 saturated carbocycles. The average molecular weight is 290 g/mol. The molecule has 9 heteroatoms. The standard InChI is InChI=1S/C10H18N4O4S/c1-4-14-6-8(9(11)12-14)19(16,17)13-7(3)10(15)18-5-2/h6-7,13H,4-5H2,1-3H3,(H2,11,12). The van der Waals surface area contributed by atoms with Gasteiger partial charge in [0.25, 0.3) is 0 Å². The molecule has 1 aromatic rings. The van der Waals surface area contributed by atoms with E-state index in [1.807, 2.05) is 0 Å². The van der Waals surface area contributed by atoms with E-state index in [9.17, 15) is 13.2 Å². The van der Waals surface area contributed by atoms with Crippen LogP contribution < -0.4 is 10.5 Å². The lowest BCUT2D eigenvalue weighted by Gasteiger charge is -2.12. The number of hydrogen-bond donors (Lipinski definition) is 2. The number of nitrogens with one attached hydrogen (secondary N) is 1. The highest BCUT2D eigenvalue weighted by atomic mass is 32.2. The van der Waals surface area contributed by atoms with Gasteiger partial charge in [0.05, 0.1) is 6.61 Å². The summed E-state index contributed by atoms with van der Waals surface area (Å²) in [5.41, 5.74) is 5.55. The Labute approximate surface area is 112 Å². The van der Waals surface area contributed by atoms with Gasteiger partial charge in [-0.25, -0.2) is 8.42 Å². The van der Waals surface area contributed by atoms with Crippen molar-refractivity contribution in [2.75, 3.05) is 12.3 Å². The van der Waals surface area contributed by atoms with Gasteiger partial charge in [-0.1, -0.05) is 0 Å². The Morgan fingerprint density at radius 1 is 1.58 bits per heavy atom. The van der Waals surface area contributed by atoms with E-state index < -0.39 is 22.0 Å². The van der Waals surface area contributed by atoms with Crippen molar-refractivity contribution in [3.8, 4) is 0 Å². The summed E-state index contributed by atoms with van der Waals surface area (Å²) >= 11 is 0. The normalized spacial score (nSPS) is 13.2. The molecule has 0 amide bonds. The third-order valence-corrected chi connectivity index (χ3v) is 3.90. The van der Waals surface area contributed by atoms with Gasteiger partial charge in [-0.3, -0.25) is 9.48 Å². The fourth-order valence-electron chi connectivity index (χ4n) is 1.40. The van der Waals surface area contributed by atoms with E-state index in [4.69, 9.17) is 10.5 Å². The second-order valence-electron chi connectivity index (χ2n) is 3.83. The maximum atomic E-state index is 12.0. The third-order valence-electron chi connectivity index (χ3n) is 2.34. The highest BCUT2D eigenvalue weighted by Gasteiger charge is 2.26. The number of hydrogen-bond acceptors (Lipinski definition) is 6. The number of nitrogens with zero attached hydrogens (tertiary/aromatic N) is 2. The molecule has 108 valence electrons. The largest absolute Gasteiger partial charge is 0.465 e. The Hall–Kier alpha value is -1.61. The predicted molar refractivity (Wildman–Crippen MR) is 68.7 cm³/mol. The Morgan fingerprint density at radius 3 is 2.68 bits per heavy atom. The van der Waals surface area contributed by atoms with Gasteiger partial charge in [-0.05, 0) is 20.8 Å². The molecular weight excluding hydrogens is 272 g/mol. The zero-order valence-electron chi connectivity index (χ0n) is 11.1. The van der Waals surface area contributed by atoms with Crippen LogP contribution in [-0.2, 0) is 26.1 Å². The Bertz CT molecular complexity index is 552. The van der Waals surface area contributed by atoms with E-state index in [2.05, 4.69) is 9.82 Å². The van der Waals surface area contributed by atoms with Crippen LogP contribution in [0.15, 0.2) is 11.1 Å². The number of rotatable bonds is 6. The highest BCUT2D eigenvalue weighted by Crippen LogP contribution is 2.16. The molecule has 0 fully saturated rings. The first-order valence-corrected chi connectivity index (χ1v) is 7.32. The van der Waals surface area contributed by atoms with Crippen molar-refractivity contribution in [3.63, 3.8) is 0 Å². The lowest BCUT2D eigenvalue weighted by Crippen LogP contribution is -2.39. The number of sulfonamides is 1. The van der Waals surface area contributed by atoms with Crippen LogP contribution in [0.5, 0.6) is 0 Å². The lowest BCUT2D eigenvalue weighted by atomic mass is 10.4. The summed E-state index contributed by atoms with van der Waals surface area (Å²) in [5, 5.41) is 3.84. The molecule has 1 rings (SSSR count). The van der Waals surface area contributed by atoms with Crippen LogP contribution >= 0.6 is 0 Å². The maximum absolute atomic E-state index is 12.0. The quantitative estimate of drug-likeness (QED) is 0.696. The van der Waals surface area contributed by atoms with Gasteiger partial charge in [-0.2, -0.15) is 9.82 Å². The van der Waals surface area contributed by atoms with Gasteiger partial charge < -0.3 is 10.5 Å². The van der Waals surface area contributed by atoms with Gasteiger partial charge >= 0.3 is 5.97 Å². The molecule has 0 aliphatic heterocycles. The molecule has 0 aliphatic carbocycles. The Kier molecular flexibility index (Phi) is 4.90. The minimum atomic E-state index is -3.90. The van der Waals surface area contributed by atoms with Crippen molar-refractivity contribution in [1.29, 1.82) is 0 Å². The summed E-state index contributed by atoms with van der Waals surface area (Å²) < 4.78 is 32.4. The smallest absolute Gasteiger partial charge is 0.323 e. The minimum Gasteiger partial charge on any atom is -0.465 e. The van der Waals surface area contributed by atoms with E-state index in [1.54, 1.807) is 13.8 Å². The Morgan fingerprint density at radius 2 is 2.21 bits per heavy atom. The third kappa shape index (κ3) is 3.67. The van der Waals surface area contributed by atoms with Gasteiger partial charge in [0, 0.05) is 12.7 Å². The van der Waals surface area contributed by atoms with E-state index >= 15 is 0 Å². The number of ether oxygens (including phenoxy) is 1. The zero-order chi connectivity index (χ0) is 14.6. The van der Waals surface area contributed by atoms with Gasteiger partial charge in [0.15, 0.2) is 5.82 Å². The van der Waals surface area contributed by atoms with Crippen LogP contribution in [-0.4, -0.2) is 36.8 Å². The average Bonchev–Trinajstić information content (AvgIpc) is 2.71. The summed E-state index contributed by atoms with van der Waals surface area (Å²) in [4.78, 5) is 11.2. The number of nitrogens with two attached hydrogens (primary N) is 1. The number of aryl methyl sites for hydroxylation is 1. The van der Waals surface area contributed by atoms with Gasteiger partial charge in [0.1, 0.15) is 10.9 Å². The number of aromatic nitrogens is 2. The zero-order valence-corrected chi connectivity index (χ0v) is 11.9. The summed E-state index contributed by atoms with van der Waals surface area (Å²) in [7, 11) is -3.90. The molecule has 0 bridgehead atoms. The molecule has 0 saturated heterocycles. The second-order valence-corrected chi connectivity index (χ2v) is 5.51. The van der Waals surface area contributed by atoms with Crippen molar-refractivity contribution in [2.24, 2.45) is 0 Å². The first kappa shape index (κ1) is 15.4. The highest BCUT2D eigenvalue weighted by molar-refractivity contribution is 7.89. The van der Waals surface area contributed by atoms with Crippen LogP contribution in [0.4, 0.5) is 5.82 Å². The van der Waals surface area contributed by atoms with Crippen molar-refractivity contribution in [3.05, 3.63) is 6.20 Å². The van der Waals surface area contributed by atoms with Crippen molar-refractivity contribution in [2.45, 2.75) is 38.3 Å². The SMILES string of the molecule is CCOC(=O)C(C)NS(=O)(=O)c1cn(CC)nc1N. The molecular formula is C10H18N4O4S. The van der Waals surface area contributed by atoms with Gasteiger partial charge in [-0.15, -0.1) is 0 Å². The first-order valence-electron chi connectivity index (χ1n) is 5.83. The van der Waals surface area contributed by atoms with Crippen LogP contribution in [0.2, 0.25) is 0 Å². The van der Waals surface area contributed by atoms with Crippen LogP contribution in [0.3, 0.4) is 0 Å². The molecule has 19 heavy (non-hydrogen) atoms. The fraction of sp³-hybridized carbons (Fsp3) is 0.600. The van der Waals surface area contributed by atoms with E-state index in [1.165, 1.54) is 17.8 Å².